The topological polar surface area (TPSA) is 76.7 Å². The van der Waals surface area contributed by atoms with Crippen molar-refractivity contribution in [1.82, 2.24) is 0 Å². The number of ether oxygens (including phenoxy) is 1. The second-order valence-electron chi connectivity index (χ2n) is 4.86. The van der Waals surface area contributed by atoms with E-state index in [4.69, 9.17) is 14.3 Å². The number of carboxylic acid groups (broad SMARTS) is 1. The molecular weight excluding hydrogens is 303 g/mol. The van der Waals surface area contributed by atoms with Gasteiger partial charge in [0.05, 0.1) is 5.39 Å². The molecule has 23 heavy (non-hydrogen) atoms. The molecular formula is C17H11FO5. The molecule has 2 aromatic carbocycles. The summed E-state index contributed by atoms with van der Waals surface area (Å²) in [4.78, 5) is 22.9. The molecule has 0 fully saturated rings. The molecule has 0 amide bonds. The highest BCUT2D eigenvalue weighted by molar-refractivity contribution is 5.91. The van der Waals surface area contributed by atoms with Crippen molar-refractivity contribution < 1.29 is 23.4 Å². The second-order valence-corrected chi connectivity index (χ2v) is 4.86. The van der Waals surface area contributed by atoms with Crippen LogP contribution < -0.4 is 10.2 Å². The van der Waals surface area contributed by atoms with Crippen molar-refractivity contribution in [3.05, 3.63) is 75.9 Å². The molecule has 3 rings (SSSR count). The van der Waals surface area contributed by atoms with Crippen molar-refractivity contribution in [1.29, 1.82) is 0 Å². The van der Waals surface area contributed by atoms with Gasteiger partial charge in [-0.1, -0.05) is 12.1 Å². The Labute approximate surface area is 129 Å². The molecule has 6 heteroatoms. The third-order valence-corrected chi connectivity index (χ3v) is 3.30. The first-order valence-electron chi connectivity index (χ1n) is 6.71. The smallest absolute Gasteiger partial charge is 0.342 e. The summed E-state index contributed by atoms with van der Waals surface area (Å²) in [5.74, 6) is -1.21. The lowest BCUT2D eigenvalue weighted by atomic mass is 10.1. The number of fused-ring (bicyclic) bond motifs is 1. The summed E-state index contributed by atoms with van der Waals surface area (Å²) < 4.78 is 23.6. The number of hydrogen-bond donors (Lipinski definition) is 1. The highest BCUT2D eigenvalue weighted by atomic mass is 19.1. The number of carboxylic acids is 1. The largest absolute Gasteiger partial charge is 0.489 e. The Balaban J connectivity index is 1.86. The average molecular weight is 314 g/mol. The van der Waals surface area contributed by atoms with Crippen LogP contribution in [0.2, 0.25) is 0 Å². The lowest BCUT2D eigenvalue weighted by molar-refractivity contribution is 0.0693. The fraction of sp³-hybridized carbons (Fsp3) is 0.0588. The van der Waals surface area contributed by atoms with Gasteiger partial charge in [-0.3, -0.25) is 4.79 Å². The van der Waals surface area contributed by atoms with Crippen molar-refractivity contribution in [3.8, 4) is 5.75 Å². The number of benzene rings is 2. The zero-order valence-corrected chi connectivity index (χ0v) is 11.8. The molecule has 1 heterocycles. The number of carbonyl (C=O) groups is 1. The summed E-state index contributed by atoms with van der Waals surface area (Å²) >= 11 is 0. The summed E-state index contributed by atoms with van der Waals surface area (Å²) in [5, 5.41) is 9.06. The summed E-state index contributed by atoms with van der Waals surface area (Å²) in [5.41, 5.74) is -0.00732. The molecule has 0 radical (unpaired) electrons. The maximum absolute atomic E-state index is 12.8. The van der Waals surface area contributed by atoms with Crippen LogP contribution in [-0.4, -0.2) is 11.1 Å². The molecule has 1 N–H and O–H groups in total. The van der Waals surface area contributed by atoms with Crippen molar-refractivity contribution in [2.24, 2.45) is 0 Å². The molecule has 1 aromatic heterocycles. The number of hydrogen-bond acceptors (Lipinski definition) is 4. The van der Waals surface area contributed by atoms with Crippen LogP contribution in [0.3, 0.4) is 0 Å². The third-order valence-electron chi connectivity index (χ3n) is 3.30. The molecule has 5 nitrogen and oxygen atoms in total. The summed E-state index contributed by atoms with van der Waals surface area (Å²) in [7, 11) is 0. The van der Waals surface area contributed by atoms with E-state index in [1.54, 1.807) is 18.2 Å². The molecule has 0 saturated heterocycles. The Bertz CT molecular complexity index is 928. The van der Waals surface area contributed by atoms with E-state index in [0.29, 0.717) is 5.75 Å². The lowest BCUT2D eigenvalue weighted by Gasteiger charge is -2.07. The maximum atomic E-state index is 12.8. The minimum atomic E-state index is -1.34. The van der Waals surface area contributed by atoms with E-state index in [2.05, 4.69) is 0 Å². The number of aromatic carboxylic acids is 1. The second kappa shape index (κ2) is 5.92. The quantitative estimate of drug-likeness (QED) is 0.800. The zero-order valence-electron chi connectivity index (χ0n) is 11.8. The maximum Gasteiger partial charge on any atom is 0.342 e. The minimum Gasteiger partial charge on any atom is -0.489 e. The van der Waals surface area contributed by atoms with Crippen molar-refractivity contribution >= 4 is 16.9 Å². The van der Waals surface area contributed by atoms with Gasteiger partial charge in [-0.05, 0) is 29.8 Å². The SMILES string of the molecule is O=C(O)c1coc2cc(OCc3ccc(F)cc3)ccc2c1=O. The average Bonchev–Trinajstić information content (AvgIpc) is 2.54. The predicted molar refractivity (Wildman–Crippen MR) is 80.2 cm³/mol. The van der Waals surface area contributed by atoms with Crippen LogP contribution in [0.5, 0.6) is 5.75 Å². The first-order valence-corrected chi connectivity index (χ1v) is 6.71. The van der Waals surface area contributed by atoms with Crippen LogP contribution in [0, 0.1) is 5.82 Å². The number of rotatable bonds is 4. The van der Waals surface area contributed by atoms with E-state index in [0.717, 1.165) is 11.8 Å². The van der Waals surface area contributed by atoms with Gasteiger partial charge in [-0.2, -0.15) is 0 Å². The molecule has 0 aliphatic carbocycles. The van der Waals surface area contributed by atoms with E-state index in [1.807, 2.05) is 0 Å². The third kappa shape index (κ3) is 3.06. The molecule has 0 unspecified atom stereocenters. The highest BCUT2D eigenvalue weighted by Crippen LogP contribution is 2.20. The zero-order chi connectivity index (χ0) is 16.4. The molecule has 116 valence electrons. The van der Waals surface area contributed by atoms with Gasteiger partial charge in [0.1, 0.15) is 35.6 Å². The Morgan fingerprint density at radius 2 is 1.91 bits per heavy atom. The highest BCUT2D eigenvalue weighted by Gasteiger charge is 2.13. The van der Waals surface area contributed by atoms with Gasteiger partial charge in [-0.25, -0.2) is 9.18 Å². The van der Waals surface area contributed by atoms with E-state index >= 15 is 0 Å². The fourth-order valence-electron chi connectivity index (χ4n) is 2.09. The van der Waals surface area contributed by atoms with Crippen LogP contribution in [0.4, 0.5) is 4.39 Å². The van der Waals surface area contributed by atoms with Gasteiger partial charge >= 0.3 is 5.97 Å². The van der Waals surface area contributed by atoms with Gasteiger partial charge in [0, 0.05) is 6.07 Å². The summed E-state index contributed by atoms with van der Waals surface area (Å²) in [6.07, 6.45) is 0.913. The van der Waals surface area contributed by atoms with Gasteiger partial charge in [0.25, 0.3) is 0 Å². The minimum absolute atomic E-state index is 0.166. The Morgan fingerprint density at radius 3 is 2.61 bits per heavy atom. The number of halogens is 1. The van der Waals surface area contributed by atoms with Crippen LogP contribution >= 0.6 is 0 Å². The standard InChI is InChI=1S/C17H11FO5/c18-11-3-1-10(2-4-11)8-22-12-5-6-13-15(7-12)23-9-14(16(13)19)17(20)21/h1-7,9H,8H2,(H,20,21). The fourth-order valence-corrected chi connectivity index (χ4v) is 2.09. The molecule has 0 saturated carbocycles. The normalized spacial score (nSPS) is 10.7. The lowest BCUT2D eigenvalue weighted by Crippen LogP contribution is -2.14. The Kier molecular flexibility index (Phi) is 3.80. The molecule has 3 aromatic rings. The summed E-state index contributed by atoms with van der Waals surface area (Å²) in [6, 6.07) is 10.4. The molecule has 0 atom stereocenters. The van der Waals surface area contributed by atoms with Crippen LogP contribution in [0.25, 0.3) is 11.0 Å². The molecule has 0 aliphatic rings. The first kappa shape index (κ1) is 14.8. The van der Waals surface area contributed by atoms with Crippen LogP contribution in [-0.2, 0) is 6.61 Å². The Morgan fingerprint density at radius 1 is 1.17 bits per heavy atom. The van der Waals surface area contributed by atoms with Gasteiger partial charge < -0.3 is 14.3 Å². The van der Waals surface area contributed by atoms with Gasteiger partial charge in [0.15, 0.2) is 0 Å². The predicted octanol–water partition coefficient (Wildman–Crippen LogP) is 3.21. The van der Waals surface area contributed by atoms with E-state index in [1.165, 1.54) is 24.3 Å². The Hall–Kier alpha value is -3.15. The van der Waals surface area contributed by atoms with E-state index in [9.17, 15) is 14.0 Å². The first-order chi connectivity index (χ1) is 11.0. The molecule has 0 spiro atoms. The molecule has 0 aliphatic heterocycles. The van der Waals surface area contributed by atoms with E-state index in [-0.39, 0.29) is 23.4 Å². The van der Waals surface area contributed by atoms with Gasteiger partial charge in [-0.15, -0.1) is 0 Å². The van der Waals surface area contributed by atoms with Gasteiger partial charge in [0.2, 0.25) is 5.43 Å². The van der Waals surface area contributed by atoms with Crippen molar-refractivity contribution in [2.45, 2.75) is 6.61 Å². The van der Waals surface area contributed by atoms with Crippen LogP contribution in [0.1, 0.15) is 15.9 Å². The summed E-state index contributed by atoms with van der Waals surface area (Å²) in [6.45, 7) is 0.225. The molecule has 0 bridgehead atoms. The monoisotopic (exact) mass is 314 g/mol. The van der Waals surface area contributed by atoms with E-state index < -0.39 is 17.0 Å². The van der Waals surface area contributed by atoms with Crippen molar-refractivity contribution in [2.75, 3.05) is 0 Å². The van der Waals surface area contributed by atoms with Crippen molar-refractivity contribution in [3.63, 3.8) is 0 Å². The van der Waals surface area contributed by atoms with Crippen LogP contribution in [0.15, 0.2) is 57.9 Å².